The molecule has 0 bridgehead atoms. The Kier molecular flexibility index (Phi) is 7.70. The molecule has 2 amide bonds. The molecule has 1 aliphatic heterocycles. The summed E-state index contributed by atoms with van der Waals surface area (Å²) in [6.07, 6.45) is 0.374. The number of carbonyl (C=O) groups is 2. The first-order valence-electron chi connectivity index (χ1n) is 10.00. The van der Waals surface area contributed by atoms with Gasteiger partial charge in [-0.1, -0.05) is 18.5 Å². The van der Waals surface area contributed by atoms with Gasteiger partial charge in [-0.2, -0.15) is 0 Å². The highest BCUT2D eigenvalue weighted by Gasteiger charge is 2.24. The number of benzene rings is 2. The van der Waals surface area contributed by atoms with E-state index in [1.165, 1.54) is 0 Å². The molecule has 0 atom stereocenters. The van der Waals surface area contributed by atoms with Gasteiger partial charge in [0, 0.05) is 49.0 Å². The minimum Gasteiger partial charge on any atom is -0.496 e. The van der Waals surface area contributed by atoms with E-state index in [9.17, 15) is 9.59 Å². The number of rotatable bonds is 5. The first-order chi connectivity index (χ1) is 14.9. The van der Waals surface area contributed by atoms with Crippen LogP contribution in [0.4, 0.5) is 11.4 Å². The lowest BCUT2D eigenvalue weighted by atomic mass is 10.1. The van der Waals surface area contributed by atoms with Gasteiger partial charge in [0.25, 0.3) is 5.91 Å². The topological polar surface area (TPSA) is 73.9 Å². The lowest BCUT2D eigenvalue weighted by Gasteiger charge is -2.36. The molecular weight excluding hydrogens is 436 g/mol. The van der Waals surface area contributed by atoms with Gasteiger partial charge in [-0.3, -0.25) is 9.59 Å². The average molecular weight is 461 g/mol. The Labute approximate surface area is 192 Å². The predicted octanol–water partition coefficient (Wildman–Crippen LogP) is 3.53. The fraction of sp³-hybridized carbons (Fsp3) is 0.318. The van der Waals surface area contributed by atoms with Crippen molar-refractivity contribution in [3.8, 4) is 5.75 Å². The van der Waals surface area contributed by atoms with E-state index in [2.05, 4.69) is 15.5 Å². The molecule has 0 unspecified atom stereocenters. The van der Waals surface area contributed by atoms with Crippen molar-refractivity contribution in [3.63, 3.8) is 0 Å². The molecule has 2 aromatic rings. The Morgan fingerprint density at radius 1 is 1.10 bits per heavy atom. The zero-order valence-corrected chi connectivity index (χ0v) is 19.1. The number of amides is 2. The number of ether oxygens (including phenoxy) is 1. The number of methoxy groups -OCH3 is 1. The van der Waals surface area contributed by atoms with Crippen LogP contribution in [-0.2, 0) is 4.79 Å². The normalized spacial score (nSPS) is 13.5. The summed E-state index contributed by atoms with van der Waals surface area (Å²) < 4.78 is 5.31. The van der Waals surface area contributed by atoms with Crippen molar-refractivity contribution in [2.75, 3.05) is 43.5 Å². The molecule has 1 heterocycles. The van der Waals surface area contributed by atoms with Crippen LogP contribution in [-0.4, -0.2) is 55.1 Å². The van der Waals surface area contributed by atoms with Crippen LogP contribution < -0.4 is 20.3 Å². The van der Waals surface area contributed by atoms with E-state index in [1.54, 1.807) is 32.2 Å². The van der Waals surface area contributed by atoms with Crippen LogP contribution in [0.5, 0.6) is 5.75 Å². The van der Waals surface area contributed by atoms with Gasteiger partial charge < -0.3 is 25.2 Å². The number of carbonyl (C=O) groups excluding carboxylic acids is 2. The second-order valence-corrected chi connectivity index (χ2v) is 7.87. The van der Waals surface area contributed by atoms with Crippen LogP contribution >= 0.6 is 23.8 Å². The second-order valence-electron chi connectivity index (χ2n) is 7.03. The van der Waals surface area contributed by atoms with Gasteiger partial charge in [0.2, 0.25) is 5.91 Å². The smallest absolute Gasteiger partial charge is 0.257 e. The maximum Gasteiger partial charge on any atom is 0.257 e. The van der Waals surface area contributed by atoms with Crippen molar-refractivity contribution in [2.45, 2.75) is 13.3 Å². The summed E-state index contributed by atoms with van der Waals surface area (Å²) in [5.41, 5.74) is 2.33. The molecule has 164 valence electrons. The van der Waals surface area contributed by atoms with Gasteiger partial charge in [-0.05, 0) is 54.7 Å². The molecular formula is C22H25ClN4O3S. The van der Waals surface area contributed by atoms with Crippen molar-refractivity contribution < 1.29 is 14.3 Å². The summed E-state index contributed by atoms with van der Waals surface area (Å²) in [6, 6.07) is 12.9. The van der Waals surface area contributed by atoms with Crippen molar-refractivity contribution >= 4 is 52.1 Å². The number of nitrogens with one attached hydrogen (secondary N) is 2. The maximum absolute atomic E-state index is 12.9. The summed E-state index contributed by atoms with van der Waals surface area (Å²) in [4.78, 5) is 28.4. The molecule has 0 spiro atoms. The number of anilines is 2. The molecule has 31 heavy (non-hydrogen) atoms. The second kappa shape index (κ2) is 10.5. The van der Waals surface area contributed by atoms with Crippen molar-refractivity contribution in [3.05, 3.63) is 53.1 Å². The van der Waals surface area contributed by atoms with Crippen molar-refractivity contribution in [1.29, 1.82) is 0 Å². The lowest BCUT2D eigenvalue weighted by Crippen LogP contribution is -2.48. The largest absolute Gasteiger partial charge is 0.496 e. The van der Waals surface area contributed by atoms with Crippen LogP contribution in [0.3, 0.4) is 0 Å². The molecule has 0 radical (unpaired) electrons. The summed E-state index contributed by atoms with van der Waals surface area (Å²) in [5, 5.41) is 6.40. The molecule has 2 N–H and O–H groups in total. The fourth-order valence-electron chi connectivity index (χ4n) is 3.32. The zero-order chi connectivity index (χ0) is 22.4. The van der Waals surface area contributed by atoms with Gasteiger partial charge in [-0.25, -0.2) is 0 Å². The monoisotopic (exact) mass is 460 g/mol. The number of thiocarbonyl (C=S) groups is 1. The first kappa shape index (κ1) is 22.8. The third-order valence-corrected chi connectivity index (χ3v) is 5.46. The van der Waals surface area contributed by atoms with Gasteiger partial charge >= 0.3 is 0 Å². The highest BCUT2D eigenvalue weighted by atomic mass is 35.5. The molecule has 0 saturated carbocycles. The van der Waals surface area contributed by atoms with Crippen LogP contribution in [0.15, 0.2) is 42.5 Å². The molecule has 3 rings (SSSR count). The lowest BCUT2D eigenvalue weighted by molar-refractivity contribution is -0.119. The summed E-state index contributed by atoms with van der Waals surface area (Å²) in [5.74, 6) is 0.311. The van der Waals surface area contributed by atoms with E-state index in [-0.39, 0.29) is 16.9 Å². The van der Waals surface area contributed by atoms with Gasteiger partial charge in [0.15, 0.2) is 5.11 Å². The Hall–Kier alpha value is -2.84. The van der Waals surface area contributed by atoms with E-state index in [0.29, 0.717) is 48.9 Å². The minimum absolute atomic E-state index is 0.0822. The van der Waals surface area contributed by atoms with E-state index in [4.69, 9.17) is 28.6 Å². The maximum atomic E-state index is 12.9. The van der Waals surface area contributed by atoms with Crippen molar-refractivity contribution in [2.24, 2.45) is 0 Å². The third-order valence-electron chi connectivity index (χ3n) is 5.02. The Bertz CT molecular complexity index is 960. The van der Waals surface area contributed by atoms with E-state index >= 15 is 0 Å². The van der Waals surface area contributed by atoms with Crippen molar-refractivity contribution in [1.82, 2.24) is 10.2 Å². The molecule has 1 saturated heterocycles. The summed E-state index contributed by atoms with van der Waals surface area (Å²) >= 11 is 11.2. The summed E-state index contributed by atoms with van der Waals surface area (Å²) in [6.45, 7) is 4.40. The molecule has 1 aliphatic rings. The number of hydrogen-bond acceptors (Lipinski definition) is 5. The quantitative estimate of drug-likeness (QED) is 0.665. The van der Waals surface area contributed by atoms with Crippen LogP contribution in [0.1, 0.15) is 23.7 Å². The van der Waals surface area contributed by atoms with Gasteiger partial charge in [-0.15, -0.1) is 0 Å². The molecule has 0 aromatic heterocycles. The molecule has 7 nitrogen and oxygen atoms in total. The number of piperazine rings is 1. The van der Waals surface area contributed by atoms with Crippen LogP contribution in [0.25, 0.3) is 0 Å². The SMILES string of the molecule is CCC(=O)NC(=S)Nc1ccc(N2CCN(C(=O)c3cc(Cl)ccc3OC)CC2)cc1. The Balaban J connectivity index is 1.57. The predicted molar refractivity (Wildman–Crippen MR) is 127 cm³/mol. The minimum atomic E-state index is -0.128. The van der Waals surface area contributed by atoms with E-state index in [0.717, 1.165) is 11.4 Å². The third kappa shape index (κ3) is 5.86. The van der Waals surface area contributed by atoms with Crippen LogP contribution in [0, 0.1) is 0 Å². The fourth-order valence-corrected chi connectivity index (χ4v) is 3.72. The molecule has 2 aromatic carbocycles. The standard InChI is InChI=1S/C22H25ClN4O3S/c1-3-20(28)25-22(31)24-16-5-7-17(8-6-16)26-10-12-27(13-11-26)21(29)18-14-15(23)4-9-19(18)30-2/h4-9,14H,3,10-13H2,1-2H3,(H2,24,25,28,31). The summed E-state index contributed by atoms with van der Waals surface area (Å²) in [7, 11) is 1.54. The molecule has 1 fully saturated rings. The highest BCUT2D eigenvalue weighted by Crippen LogP contribution is 2.25. The van der Waals surface area contributed by atoms with Gasteiger partial charge in [0.05, 0.1) is 12.7 Å². The zero-order valence-electron chi connectivity index (χ0n) is 17.5. The average Bonchev–Trinajstić information content (AvgIpc) is 2.79. The molecule has 0 aliphatic carbocycles. The Morgan fingerprint density at radius 3 is 2.39 bits per heavy atom. The van der Waals surface area contributed by atoms with E-state index < -0.39 is 0 Å². The van der Waals surface area contributed by atoms with Gasteiger partial charge in [0.1, 0.15) is 5.75 Å². The molecule has 9 heteroatoms. The number of nitrogens with zero attached hydrogens (tertiary/aromatic N) is 2. The first-order valence-corrected chi connectivity index (χ1v) is 10.8. The number of hydrogen-bond donors (Lipinski definition) is 2. The highest BCUT2D eigenvalue weighted by molar-refractivity contribution is 7.80. The Morgan fingerprint density at radius 2 is 1.77 bits per heavy atom. The number of halogens is 1. The van der Waals surface area contributed by atoms with Crippen LogP contribution in [0.2, 0.25) is 5.02 Å². The van der Waals surface area contributed by atoms with E-state index in [1.807, 2.05) is 29.2 Å².